The van der Waals surface area contributed by atoms with E-state index in [2.05, 4.69) is 5.16 Å². The molecule has 2 heterocycles. The lowest BCUT2D eigenvalue weighted by Crippen LogP contribution is -2.13. The number of hydrogen-bond acceptors (Lipinski definition) is 6. The van der Waals surface area contributed by atoms with Gasteiger partial charge in [-0.25, -0.2) is 0 Å². The van der Waals surface area contributed by atoms with Crippen molar-refractivity contribution in [1.82, 2.24) is 0 Å². The van der Waals surface area contributed by atoms with Crippen molar-refractivity contribution >= 4 is 17.3 Å². The highest BCUT2D eigenvalue weighted by Gasteiger charge is 2.29. The van der Waals surface area contributed by atoms with Gasteiger partial charge < -0.3 is 23.8 Å². The third-order valence-electron chi connectivity index (χ3n) is 3.46. The Morgan fingerprint density at radius 2 is 2.10 bits per heavy atom. The Balaban J connectivity index is 1.88. The Hall–Kier alpha value is -1.82. The zero-order valence-electron chi connectivity index (χ0n) is 11.8. The van der Waals surface area contributed by atoms with Crippen LogP contribution in [0.3, 0.4) is 0 Å². The zero-order chi connectivity index (χ0) is 14.8. The smallest absolute Gasteiger partial charge is 0.231 e. The molecular weight excluding hydrogens is 298 g/mol. The van der Waals surface area contributed by atoms with Crippen LogP contribution in [0.1, 0.15) is 12.0 Å². The average molecular weight is 314 g/mol. The van der Waals surface area contributed by atoms with E-state index in [1.807, 2.05) is 6.07 Å². The molecule has 0 fully saturated rings. The number of hydrogen-bond donors (Lipinski definition) is 0. The fraction of sp³-hybridized carbons (Fsp3) is 0.500. The zero-order valence-corrected chi connectivity index (χ0v) is 12.6. The van der Waals surface area contributed by atoms with Crippen molar-refractivity contribution in [2.45, 2.75) is 18.9 Å². The molecule has 1 aromatic carbocycles. The van der Waals surface area contributed by atoms with Crippen molar-refractivity contribution < 1.29 is 23.8 Å². The summed E-state index contributed by atoms with van der Waals surface area (Å²) in [4.78, 5) is 5.39. The molecule has 21 heavy (non-hydrogen) atoms. The molecule has 3 rings (SSSR count). The number of ether oxygens (including phenoxy) is 4. The Labute approximate surface area is 127 Å². The molecule has 1 atom stereocenters. The van der Waals surface area contributed by atoms with E-state index >= 15 is 0 Å². The fourth-order valence-electron chi connectivity index (χ4n) is 2.53. The molecule has 2 aliphatic rings. The van der Waals surface area contributed by atoms with Gasteiger partial charge in [0.05, 0.1) is 25.8 Å². The number of benzene rings is 1. The summed E-state index contributed by atoms with van der Waals surface area (Å²) in [6.07, 6.45) is 1.28. The normalized spacial score (nSPS) is 19.2. The minimum atomic E-state index is -0.0577. The number of oxime groups is 1. The minimum absolute atomic E-state index is 0.0577. The van der Waals surface area contributed by atoms with Gasteiger partial charge in [0.15, 0.2) is 11.5 Å². The molecule has 114 valence electrons. The van der Waals surface area contributed by atoms with Crippen molar-refractivity contribution in [3.05, 3.63) is 11.6 Å². The second-order valence-electron chi connectivity index (χ2n) is 4.76. The SMILES string of the molecule is COc1c(CC2CC(CCl)=NO2)cc2c(c1OC)OCO2. The van der Waals surface area contributed by atoms with E-state index in [9.17, 15) is 0 Å². The highest BCUT2D eigenvalue weighted by atomic mass is 35.5. The molecule has 0 aliphatic carbocycles. The standard InChI is InChI=1S/C14H16ClNO5/c1-17-12-8(3-10-5-9(6-15)16-21-10)4-11-13(14(12)18-2)20-7-19-11/h4,10H,3,5-7H2,1-2H3. The number of rotatable bonds is 5. The summed E-state index contributed by atoms with van der Waals surface area (Å²) in [7, 11) is 3.17. The van der Waals surface area contributed by atoms with Crippen LogP contribution in [-0.4, -0.2) is 38.7 Å². The highest BCUT2D eigenvalue weighted by Crippen LogP contribution is 2.49. The summed E-state index contributed by atoms with van der Waals surface area (Å²) in [5.41, 5.74) is 1.78. The van der Waals surface area contributed by atoms with E-state index < -0.39 is 0 Å². The van der Waals surface area contributed by atoms with Gasteiger partial charge in [-0.3, -0.25) is 0 Å². The Kier molecular flexibility index (Phi) is 3.96. The molecule has 6 nitrogen and oxygen atoms in total. The molecule has 7 heteroatoms. The molecule has 0 bridgehead atoms. The first-order valence-electron chi connectivity index (χ1n) is 6.57. The van der Waals surface area contributed by atoms with Gasteiger partial charge in [0.2, 0.25) is 18.3 Å². The van der Waals surface area contributed by atoms with Crippen LogP contribution in [0.2, 0.25) is 0 Å². The van der Waals surface area contributed by atoms with Crippen molar-refractivity contribution in [1.29, 1.82) is 0 Å². The quantitative estimate of drug-likeness (QED) is 0.781. The first-order valence-corrected chi connectivity index (χ1v) is 7.11. The molecule has 0 N–H and O–H groups in total. The minimum Gasteiger partial charge on any atom is -0.492 e. The highest BCUT2D eigenvalue weighted by molar-refractivity contribution is 6.28. The summed E-state index contributed by atoms with van der Waals surface area (Å²) in [6.45, 7) is 0.178. The van der Waals surface area contributed by atoms with Crippen LogP contribution in [0, 0.1) is 0 Å². The molecule has 1 unspecified atom stereocenters. The van der Waals surface area contributed by atoms with Crippen LogP contribution in [0.5, 0.6) is 23.0 Å². The van der Waals surface area contributed by atoms with E-state index in [0.29, 0.717) is 41.7 Å². The monoisotopic (exact) mass is 313 g/mol. The van der Waals surface area contributed by atoms with E-state index in [0.717, 1.165) is 11.3 Å². The van der Waals surface area contributed by atoms with E-state index in [4.69, 9.17) is 35.4 Å². The van der Waals surface area contributed by atoms with Crippen LogP contribution < -0.4 is 18.9 Å². The third kappa shape index (κ3) is 2.55. The molecule has 0 amide bonds. The van der Waals surface area contributed by atoms with Crippen LogP contribution in [0.25, 0.3) is 0 Å². The molecule has 0 saturated carbocycles. The Morgan fingerprint density at radius 1 is 1.29 bits per heavy atom. The Bertz CT molecular complexity index is 575. The van der Waals surface area contributed by atoms with Gasteiger partial charge >= 0.3 is 0 Å². The van der Waals surface area contributed by atoms with Gasteiger partial charge in [0, 0.05) is 18.4 Å². The van der Waals surface area contributed by atoms with E-state index in [-0.39, 0.29) is 12.9 Å². The number of halogens is 1. The Morgan fingerprint density at radius 3 is 2.76 bits per heavy atom. The number of fused-ring (bicyclic) bond motifs is 1. The van der Waals surface area contributed by atoms with Crippen molar-refractivity contribution in [2.75, 3.05) is 26.9 Å². The molecule has 2 aliphatic heterocycles. The number of alkyl halides is 1. The fourth-order valence-corrected chi connectivity index (χ4v) is 2.68. The topological polar surface area (TPSA) is 58.5 Å². The van der Waals surface area contributed by atoms with E-state index in [1.165, 1.54) is 0 Å². The molecule has 1 aromatic rings. The summed E-state index contributed by atoms with van der Waals surface area (Å²) < 4.78 is 21.7. The predicted molar refractivity (Wildman–Crippen MR) is 77.0 cm³/mol. The average Bonchev–Trinajstić information content (AvgIpc) is 3.14. The van der Waals surface area contributed by atoms with Gasteiger partial charge in [0.1, 0.15) is 6.10 Å². The lowest BCUT2D eigenvalue weighted by Gasteiger charge is -2.16. The van der Waals surface area contributed by atoms with Crippen molar-refractivity contribution in [3.8, 4) is 23.0 Å². The maximum atomic E-state index is 5.77. The second-order valence-corrected chi connectivity index (χ2v) is 5.03. The summed E-state index contributed by atoms with van der Waals surface area (Å²) in [5, 5.41) is 3.96. The molecule has 0 radical (unpaired) electrons. The van der Waals surface area contributed by atoms with Gasteiger partial charge in [-0.2, -0.15) is 0 Å². The molecule has 0 saturated heterocycles. The third-order valence-corrected chi connectivity index (χ3v) is 3.76. The second kappa shape index (κ2) is 5.89. The summed E-state index contributed by atoms with van der Waals surface area (Å²) in [6, 6.07) is 1.89. The lowest BCUT2D eigenvalue weighted by atomic mass is 10.0. The van der Waals surface area contributed by atoms with Gasteiger partial charge in [-0.05, 0) is 6.07 Å². The maximum Gasteiger partial charge on any atom is 0.231 e. The van der Waals surface area contributed by atoms with Crippen LogP contribution in [0.4, 0.5) is 0 Å². The van der Waals surface area contributed by atoms with E-state index in [1.54, 1.807) is 14.2 Å². The molecule has 0 aromatic heterocycles. The van der Waals surface area contributed by atoms with Gasteiger partial charge in [-0.15, -0.1) is 11.6 Å². The van der Waals surface area contributed by atoms with Crippen molar-refractivity contribution in [2.24, 2.45) is 5.16 Å². The predicted octanol–water partition coefficient (Wildman–Crippen LogP) is 2.36. The van der Waals surface area contributed by atoms with Crippen LogP contribution in [-0.2, 0) is 11.3 Å². The number of nitrogens with zero attached hydrogens (tertiary/aromatic N) is 1. The summed E-state index contributed by atoms with van der Waals surface area (Å²) in [5.74, 6) is 2.78. The van der Waals surface area contributed by atoms with Crippen LogP contribution in [0.15, 0.2) is 11.2 Å². The maximum absolute atomic E-state index is 5.77. The number of methoxy groups -OCH3 is 2. The first kappa shape index (κ1) is 14.1. The molecule has 0 spiro atoms. The van der Waals surface area contributed by atoms with Crippen molar-refractivity contribution in [3.63, 3.8) is 0 Å². The van der Waals surface area contributed by atoms with Crippen LogP contribution >= 0.6 is 11.6 Å². The summed E-state index contributed by atoms with van der Waals surface area (Å²) >= 11 is 5.77. The lowest BCUT2D eigenvalue weighted by molar-refractivity contribution is 0.0853. The van der Waals surface area contributed by atoms with Gasteiger partial charge in [-0.1, -0.05) is 5.16 Å². The largest absolute Gasteiger partial charge is 0.492 e. The molecular formula is C14H16ClNO5. The van der Waals surface area contributed by atoms with Gasteiger partial charge in [0.25, 0.3) is 0 Å². The first-order chi connectivity index (χ1) is 10.3.